The molecule has 1 aromatic rings. The van der Waals surface area contributed by atoms with E-state index < -0.39 is 5.82 Å². The van der Waals surface area contributed by atoms with Crippen molar-refractivity contribution in [3.05, 3.63) is 29.6 Å². The van der Waals surface area contributed by atoms with Crippen LogP contribution in [0, 0.1) is 5.82 Å². The van der Waals surface area contributed by atoms with Gasteiger partial charge in [-0.3, -0.25) is 0 Å². The molecule has 0 radical (unpaired) electrons. The summed E-state index contributed by atoms with van der Waals surface area (Å²) in [5, 5.41) is 8.85. The van der Waals surface area contributed by atoms with Crippen LogP contribution in [0.25, 0.3) is 0 Å². The predicted octanol–water partition coefficient (Wildman–Crippen LogP) is 0.912. The predicted molar refractivity (Wildman–Crippen MR) is 51.3 cm³/mol. The summed E-state index contributed by atoms with van der Waals surface area (Å²) < 4.78 is 12.7. The van der Waals surface area contributed by atoms with Gasteiger partial charge in [-0.15, -0.1) is 12.4 Å². The number of nitrogens with two attached hydrogens (primary N) is 2. The summed E-state index contributed by atoms with van der Waals surface area (Å²) in [6, 6.07) is 3.63. The Labute approximate surface area is 82.0 Å². The number of benzene rings is 1. The summed E-state index contributed by atoms with van der Waals surface area (Å²) in [7, 11) is 0. The standard InChI is InChI=1S/C8H11FN2O.ClH/c9-6-3-5(7(11)4-10)1-2-8(6)12;/h1-3,7,12H,4,10-11H2;1H/t7-;/m1./s1. The van der Waals surface area contributed by atoms with Gasteiger partial charge in [0.1, 0.15) is 0 Å². The first-order valence-electron chi connectivity index (χ1n) is 3.59. The molecular formula is C8H12ClFN2O. The number of phenols is 1. The maximum absolute atomic E-state index is 12.7. The molecule has 0 unspecified atom stereocenters. The molecule has 0 saturated carbocycles. The number of halogens is 2. The van der Waals surface area contributed by atoms with Crippen molar-refractivity contribution >= 4 is 12.4 Å². The van der Waals surface area contributed by atoms with Crippen molar-refractivity contribution in [2.45, 2.75) is 6.04 Å². The van der Waals surface area contributed by atoms with Gasteiger partial charge < -0.3 is 16.6 Å². The van der Waals surface area contributed by atoms with Gasteiger partial charge in [-0.1, -0.05) is 6.07 Å². The number of phenolic OH excluding ortho intramolecular Hbond substituents is 1. The molecule has 0 aromatic heterocycles. The van der Waals surface area contributed by atoms with Gasteiger partial charge in [-0.05, 0) is 17.7 Å². The number of hydrogen-bond acceptors (Lipinski definition) is 3. The smallest absolute Gasteiger partial charge is 0.165 e. The van der Waals surface area contributed by atoms with Crippen molar-refractivity contribution in [3.8, 4) is 5.75 Å². The minimum atomic E-state index is -0.670. The molecule has 13 heavy (non-hydrogen) atoms. The monoisotopic (exact) mass is 206 g/mol. The van der Waals surface area contributed by atoms with E-state index in [1.165, 1.54) is 12.1 Å². The molecular weight excluding hydrogens is 195 g/mol. The first-order valence-corrected chi connectivity index (χ1v) is 3.59. The largest absolute Gasteiger partial charge is 0.505 e. The third-order valence-corrected chi connectivity index (χ3v) is 1.65. The van der Waals surface area contributed by atoms with E-state index in [0.717, 1.165) is 0 Å². The maximum Gasteiger partial charge on any atom is 0.165 e. The van der Waals surface area contributed by atoms with Crippen molar-refractivity contribution in [3.63, 3.8) is 0 Å². The maximum atomic E-state index is 12.7. The molecule has 0 aliphatic heterocycles. The van der Waals surface area contributed by atoms with Crippen molar-refractivity contribution in [1.82, 2.24) is 0 Å². The Kier molecular flexibility index (Phi) is 4.69. The average molecular weight is 207 g/mol. The highest BCUT2D eigenvalue weighted by Crippen LogP contribution is 2.18. The Morgan fingerprint density at radius 1 is 1.46 bits per heavy atom. The van der Waals surface area contributed by atoms with E-state index in [9.17, 15) is 4.39 Å². The summed E-state index contributed by atoms with van der Waals surface area (Å²) in [5.41, 5.74) is 11.4. The zero-order valence-electron chi connectivity index (χ0n) is 6.90. The van der Waals surface area contributed by atoms with Gasteiger partial charge >= 0.3 is 0 Å². The van der Waals surface area contributed by atoms with Crippen LogP contribution in [0.1, 0.15) is 11.6 Å². The fourth-order valence-electron chi connectivity index (χ4n) is 0.890. The highest BCUT2D eigenvalue weighted by Gasteiger charge is 2.06. The van der Waals surface area contributed by atoms with E-state index in [-0.39, 0.29) is 30.7 Å². The van der Waals surface area contributed by atoms with E-state index in [1.54, 1.807) is 6.07 Å². The summed E-state index contributed by atoms with van der Waals surface area (Å²) in [6.45, 7) is 0.254. The van der Waals surface area contributed by atoms with Crippen molar-refractivity contribution in [1.29, 1.82) is 0 Å². The molecule has 5 heteroatoms. The molecule has 5 N–H and O–H groups in total. The van der Waals surface area contributed by atoms with Gasteiger partial charge in [-0.25, -0.2) is 4.39 Å². The first-order chi connectivity index (χ1) is 5.65. The molecule has 0 saturated heterocycles. The minimum Gasteiger partial charge on any atom is -0.505 e. The van der Waals surface area contributed by atoms with Crippen LogP contribution in [0.5, 0.6) is 5.75 Å². The lowest BCUT2D eigenvalue weighted by atomic mass is 10.1. The Hall–Kier alpha value is -0.840. The Morgan fingerprint density at radius 2 is 2.08 bits per heavy atom. The van der Waals surface area contributed by atoms with Crippen LogP contribution in [-0.2, 0) is 0 Å². The Bertz CT molecular complexity index is 283. The van der Waals surface area contributed by atoms with Gasteiger partial charge in [0.05, 0.1) is 0 Å². The van der Waals surface area contributed by atoms with E-state index in [1.807, 2.05) is 0 Å². The van der Waals surface area contributed by atoms with Gasteiger partial charge in [0, 0.05) is 12.6 Å². The summed E-state index contributed by atoms with van der Waals surface area (Å²) >= 11 is 0. The second-order valence-corrected chi connectivity index (χ2v) is 2.55. The highest BCUT2D eigenvalue weighted by molar-refractivity contribution is 5.85. The molecule has 0 fully saturated rings. The molecule has 1 atom stereocenters. The van der Waals surface area contributed by atoms with E-state index in [0.29, 0.717) is 5.56 Å². The molecule has 0 aliphatic rings. The molecule has 1 aromatic carbocycles. The van der Waals surface area contributed by atoms with Gasteiger partial charge in [-0.2, -0.15) is 0 Å². The van der Waals surface area contributed by atoms with Gasteiger partial charge in [0.2, 0.25) is 0 Å². The molecule has 0 spiro atoms. The van der Waals surface area contributed by atoms with Crippen LogP contribution in [0.4, 0.5) is 4.39 Å². The molecule has 0 heterocycles. The molecule has 3 nitrogen and oxygen atoms in total. The topological polar surface area (TPSA) is 72.3 Å². The first kappa shape index (κ1) is 12.2. The van der Waals surface area contributed by atoms with Crippen LogP contribution in [0.3, 0.4) is 0 Å². The zero-order valence-corrected chi connectivity index (χ0v) is 7.72. The summed E-state index contributed by atoms with van der Waals surface area (Å²) in [5.74, 6) is -1.04. The number of aromatic hydroxyl groups is 1. The van der Waals surface area contributed by atoms with Crippen LogP contribution >= 0.6 is 12.4 Å². The lowest BCUT2D eigenvalue weighted by Crippen LogP contribution is -2.20. The molecule has 0 amide bonds. The SMILES string of the molecule is Cl.NC[C@@H](N)c1ccc(O)c(F)c1. The molecule has 1 rings (SSSR count). The van der Waals surface area contributed by atoms with Crippen LogP contribution in [0.15, 0.2) is 18.2 Å². The zero-order chi connectivity index (χ0) is 9.14. The van der Waals surface area contributed by atoms with Crippen molar-refractivity contribution in [2.75, 3.05) is 6.54 Å². The van der Waals surface area contributed by atoms with E-state index in [4.69, 9.17) is 16.6 Å². The lowest BCUT2D eigenvalue weighted by molar-refractivity contribution is 0.431. The van der Waals surface area contributed by atoms with Crippen molar-refractivity contribution in [2.24, 2.45) is 11.5 Å². The third-order valence-electron chi connectivity index (χ3n) is 1.65. The summed E-state index contributed by atoms with van der Waals surface area (Å²) in [6.07, 6.45) is 0. The number of rotatable bonds is 2. The Morgan fingerprint density at radius 3 is 2.54 bits per heavy atom. The normalized spacial score (nSPS) is 11.9. The van der Waals surface area contributed by atoms with Gasteiger partial charge in [0.25, 0.3) is 0 Å². The summed E-state index contributed by atoms with van der Waals surface area (Å²) in [4.78, 5) is 0. The van der Waals surface area contributed by atoms with E-state index >= 15 is 0 Å². The average Bonchev–Trinajstić information content (AvgIpc) is 2.08. The van der Waals surface area contributed by atoms with Crippen LogP contribution in [0.2, 0.25) is 0 Å². The third kappa shape index (κ3) is 2.84. The van der Waals surface area contributed by atoms with Crippen LogP contribution < -0.4 is 11.5 Å². The Balaban J connectivity index is 0.00000144. The lowest BCUT2D eigenvalue weighted by Gasteiger charge is -2.08. The van der Waals surface area contributed by atoms with Crippen molar-refractivity contribution < 1.29 is 9.50 Å². The van der Waals surface area contributed by atoms with E-state index in [2.05, 4.69) is 0 Å². The number of hydrogen-bond donors (Lipinski definition) is 3. The molecule has 0 bridgehead atoms. The second kappa shape index (κ2) is 5.01. The van der Waals surface area contributed by atoms with Crippen LogP contribution in [-0.4, -0.2) is 11.7 Å². The van der Waals surface area contributed by atoms with Gasteiger partial charge in [0.15, 0.2) is 11.6 Å². The molecule has 0 aliphatic carbocycles. The fourth-order valence-corrected chi connectivity index (χ4v) is 0.890. The highest BCUT2D eigenvalue weighted by atomic mass is 35.5. The second-order valence-electron chi connectivity index (χ2n) is 2.55. The molecule has 74 valence electrons. The minimum absolute atomic E-state index is 0. The fraction of sp³-hybridized carbons (Fsp3) is 0.250. The quantitative estimate of drug-likeness (QED) is 0.674.